The number of ether oxygens (including phenoxy) is 2. The van der Waals surface area contributed by atoms with Crippen LogP contribution in [0.1, 0.15) is 34.7 Å². The molecule has 0 aliphatic rings. The summed E-state index contributed by atoms with van der Waals surface area (Å²) in [6.07, 6.45) is 0. The zero-order valence-electron chi connectivity index (χ0n) is 11.4. The van der Waals surface area contributed by atoms with Gasteiger partial charge in [0.25, 0.3) is 0 Å². The predicted octanol–water partition coefficient (Wildman–Crippen LogP) is 2.59. The van der Waals surface area contributed by atoms with Gasteiger partial charge in [-0.3, -0.25) is 0 Å². The number of para-hydroxylation sites is 1. The molecule has 2 rings (SSSR count). The molecular weight excluding hydrogens is 258 g/mol. The van der Waals surface area contributed by atoms with Gasteiger partial charge in [-0.15, -0.1) is 0 Å². The lowest BCUT2D eigenvalue weighted by atomic mass is 10.1. The Kier molecular flexibility index (Phi) is 4.30. The minimum atomic E-state index is -0.506. The second kappa shape index (κ2) is 6.14. The quantitative estimate of drug-likeness (QED) is 0.801. The van der Waals surface area contributed by atoms with Crippen molar-refractivity contribution < 1.29 is 19.1 Å². The number of nitrogens with zero attached hydrogens (tertiary/aromatic N) is 1. The van der Waals surface area contributed by atoms with Crippen LogP contribution in [0.3, 0.4) is 0 Å². The standard InChI is InChI=1S/C15H15NO4/c1-3-19-14(17)11-7-5-6-10-8-9-12(16-13(10)11)15(18)20-4-2/h5-9H,3-4H2,1-2H3. The first-order chi connectivity index (χ1) is 9.67. The molecule has 1 aromatic heterocycles. The lowest BCUT2D eigenvalue weighted by molar-refractivity contribution is 0.0510. The number of rotatable bonds is 4. The first-order valence-electron chi connectivity index (χ1n) is 6.41. The minimum absolute atomic E-state index is 0.177. The number of carbonyl (C=O) groups excluding carboxylic acids is 2. The smallest absolute Gasteiger partial charge is 0.356 e. The fourth-order valence-corrected chi connectivity index (χ4v) is 1.84. The van der Waals surface area contributed by atoms with E-state index in [1.807, 2.05) is 6.07 Å². The summed E-state index contributed by atoms with van der Waals surface area (Å²) in [5, 5.41) is 0.767. The van der Waals surface area contributed by atoms with Crippen molar-refractivity contribution in [2.45, 2.75) is 13.8 Å². The molecule has 5 heteroatoms. The number of hydrogen-bond acceptors (Lipinski definition) is 5. The van der Waals surface area contributed by atoms with Crippen LogP contribution in [0.5, 0.6) is 0 Å². The van der Waals surface area contributed by atoms with Crippen molar-refractivity contribution in [3.8, 4) is 0 Å². The van der Waals surface area contributed by atoms with Crippen molar-refractivity contribution in [1.82, 2.24) is 4.98 Å². The summed E-state index contributed by atoms with van der Waals surface area (Å²) < 4.78 is 9.90. The predicted molar refractivity (Wildman–Crippen MR) is 73.7 cm³/mol. The van der Waals surface area contributed by atoms with Crippen LogP contribution in [0.2, 0.25) is 0 Å². The molecule has 0 amide bonds. The number of carbonyl (C=O) groups is 2. The van der Waals surface area contributed by atoms with E-state index in [-0.39, 0.29) is 18.9 Å². The molecule has 1 heterocycles. The summed E-state index contributed by atoms with van der Waals surface area (Å²) >= 11 is 0. The fraction of sp³-hybridized carbons (Fsp3) is 0.267. The molecule has 0 aliphatic heterocycles. The summed E-state index contributed by atoms with van der Waals surface area (Å²) in [6, 6.07) is 8.51. The average Bonchev–Trinajstić information content (AvgIpc) is 2.46. The molecular formula is C15H15NO4. The Bertz CT molecular complexity index is 651. The molecule has 0 saturated carbocycles. The van der Waals surface area contributed by atoms with Crippen LogP contribution in [-0.2, 0) is 9.47 Å². The van der Waals surface area contributed by atoms with Gasteiger partial charge in [0.1, 0.15) is 5.69 Å². The molecule has 0 atom stereocenters. The van der Waals surface area contributed by atoms with Crippen molar-refractivity contribution in [2.24, 2.45) is 0 Å². The van der Waals surface area contributed by atoms with E-state index in [4.69, 9.17) is 9.47 Å². The van der Waals surface area contributed by atoms with Crippen LogP contribution in [0.4, 0.5) is 0 Å². The lowest BCUT2D eigenvalue weighted by Gasteiger charge is -2.07. The van der Waals surface area contributed by atoms with E-state index in [1.165, 1.54) is 0 Å². The van der Waals surface area contributed by atoms with E-state index in [0.717, 1.165) is 5.39 Å². The van der Waals surface area contributed by atoms with Gasteiger partial charge in [0.15, 0.2) is 0 Å². The van der Waals surface area contributed by atoms with Crippen molar-refractivity contribution in [3.05, 3.63) is 41.6 Å². The summed E-state index contributed by atoms with van der Waals surface area (Å²) in [6.45, 7) is 4.02. The molecule has 0 radical (unpaired) electrons. The fourth-order valence-electron chi connectivity index (χ4n) is 1.84. The molecule has 0 fully saturated rings. The maximum absolute atomic E-state index is 11.9. The van der Waals surface area contributed by atoms with Crippen LogP contribution in [0.15, 0.2) is 30.3 Å². The van der Waals surface area contributed by atoms with Gasteiger partial charge in [0, 0.05) is 5.39 Å². The van der Waals surface area contributed by atoms with Gasteiger partial charge in [-0.2, -0.15) is 0 Å². The van der Waals surface area contributed by atoms with Crippen LogP contribution in [0.25, 0.3) is 10.9 Å². The number of pyridine rings is 1. The van der Waals surface area contributed by atoms with Gasteiger partial charge in [-0.1, -0.05) is 18.2 Å². The van der Waals surface area contributed by atoms with Gasteiger partial charge >= 0.3 is 11.9 Å². The highest BCUT2D eigenvalue weighted by Gasteiger charge is 2.15. The molecule has 1 aromatic carbocycles. The SMILES string of the molecule is CCOC(=O)c1ccc2cccc(C(=O)OCC)c2n1. The Hall–Kier alpha value is -2.43. The molecule has 2 aromatic rings. The number of hydrogen-bond donors (Lipinski definition) is 0. The molecule has 0 bridgehead atoms. The topological polar surface area (TPSA) is 65.5 Å². The molecule has 0 spiro atoms. The first kappa shape index (κ1) is 14.0. The monoisotopic (exact) mass is 273 g/mol. The van der Waals surface area contributed by atoms with E-state index in [2.05, 4.69) is 4.98 Å². The third kappa shape index (κ3) is 2.77. The largest absolute Gasteiger partial charge is 0.462 e. The third-order valence-corrected chi connectivity index (χ3v) is 2.70. The Labute approximate surface area is 116 Å². The summed E-state index contributed by atoms with van der Waals surface area (Å²) in [4.78, 5) is 27.8. The minimum Gasteiger partial charge on any atom is -0.462 e. The first-order valence-corrected chi connectivity index (χ1v) is 6.41. The number of benzene rings is 1. The summed E-state index contributed by atoms with van der Waals surface area (Å²) in [5.41, 5.74) is 0.961. The summed E-state index contributed by atoms with van der Waals surface area (Å²) in [7, 11) is 0. The van der Waals surface area contributed by atoms with Crippen molar-refractivity contribution in [1.29, 1.82) is 0 Å². The number of aromatic nitrogens is 1. The number of esters is 2. The Morgan fingerprint density at radius 3 is 2.40 bits per heavy atom. The van der Waals surface area contributed by atoms with Crippen LogP contribution in [-0.4, -0.2) is 30.1 Å². The van der Waals surface area contributed by atoms with E-state index < -0.39 is 11.9 Å². The summed E-state index contributed by atoms with van der Waals surface area (Å²) in [5.74, 6) is -0.959. The van der Waals surface area contributed by atoms with Crippen molar-refractivity contribution in [3.63, 3.8) is 0 Å². The average molecular weight is 273 g/mol. The highest BCUT2D eigenvalue weighted by molar-refractivity contribution is 6.03. The van der Waals surface area contributed by atoms with Gasteiger partial charge in [0.2, 0.25) is 0 Å². The van der Waals surface area contributed by atoms with Crippen LogP contribution < -0.4 is 0 Å². The van der Waals surface area contributed by atoms with E-state index in [1.54, 1.807) is 38.1 Å². The Balaban J connectivity index is 2.51. The zero-order chi connectivity index (χ0) is 14.5. The maximum Gasteiger partial charge on any atom is 0.356 e. The van der Waals surface area contributed by atoms with Crippen LogP contribution >= 0.6 is 0 Å². The zero-order valence-corrected chi connectivity index (χ0v) is 11.4. The molecule has 5 nitrogen and oxygen atoms in total. The van der Waals surface area contributed by atoms with Gasteiger partial charge in [-0.25, -0.2) is 14.6 Å². The van der Waals surface area contributed by atoms with Crippen molar-refractivity contribution >= 4 is 22.8 Å². The molecule has 20 heavy (non-hydrogen) atoms. The van der Waals surface area contributed by atoms with E-state index >= 15 is 0 Å². The number of fused-ring (bicyclic) bond motifs is 1. The van der Waals surface area contributed by atoms with Crippen LogP contribution in [0, 0.1) is 0 Å². The van der Waals surface area contributed by atoms with E-state index in [0.29, 0.717) is 11.1 Å². The highest BCUT2D eigenvalue weighted by Crippen LogP contribution is 2.18. The second-order valence-corrected chi connectivity index (χ2v) is 4.01. The van der Waals surface area contributed by atoms with Gasteiger partial charge in [0.05, 0.1) is 24.3 Å². The Morgan fingerprint density at radius 1 is 1.00 bits per heavy atom. The third-order valence-electron chi connectivity index (χ3n) is 2.70. The normalized spacial score (nSPS) is 10.3. The maximum atomic E-state index is 11.9. The Morgan fingerprint density at radius 2 is 1.70 bits per heavy atom. The molecule has 0 unspecified atom stereocenters. The van der Waals surface area contributed by atoms with E-state index in [9.17, 15) is 9.59 Å². The molecule has 0 saturated heterocycles. The molecule has 104 valence electrons. The lowest BCUT2D eigenvalue weighted by Crippen LogP contribution is -2.09. The molecule has 0 aliphatic carbocycles. The van der Waals surface area contributed by atoms with Gasteiger partial charge < -0.3 is 9.47 Å². The molecule has 0 N–H and O–H groups in total. The highest BCUT2D eigenvalue weighted by atomic mass is 16.5. The van der Waals surface area contributed by atoms with Gasteiger partial charge in [-0.05, 0) is 26.0 Å². The second-order valence-electron chi connectivity index (χ2n) is 4.01. The van der Waals surface area contributed by atoms with Crippen molar-refractivity contribution in [2.75, 3.05) is 13.2 Å².